The second-order valence-electron chi connectivity index (χ2n) is 9.98. The summed E-state index contributed by atoms with van der Waals surface area (Å²) >= 11 is 2.28. The second kappa shape index (κ2) is 8.49. The lowest BCUT2D eigenvalue weighted by molar-refractivity contribution is 0.0893. The minimum absolute atomic E-state index is 0.133. The summed E-state index contributed by atoms with van der Waals surface area (Å²) in [4.78, 5) is 12.0. The Morgan fingerprint density at radius 2 is 2.00 bits per heavy atom. The number of nitrogens with zero attached hydrogens (tertiary/aromatic N) is 3. The molecular weight excluding hydrogens is 451 g/mol. The van der Waals surface area contributed by atoms with Crippen molar-refractivity contribution >= 4 is 28.4 Å². The van der Waals surface area contributed by atoms with Crippen molar-refractivity contribution < 1.29 is 4.74 Å². The van der Waals surface area contributed by atoms with Crippen LogP contribution in [-0.4, -0.2) is 49.4 Å². The molecule has 27 heavy (non-hydrogen) atoms. The molecule has 3 rings (SSSR count). The smallest absolute Gasteiger partial charge is 0.192 e. The van der Waals surface area contributed by atoms with Gasteiger partial charge in [0.15, 0.2) is 3.83 Å². The average molecular weight is 486 g/mol. The van der Waals surface area contributed by atoms with Gasteiger partial charge in [-0.25, -0.2) is 9.97 Å². The maximum absolute atomic E-state index is 5.81. The van der Waals surface area contributed by atoms with E-state index in [0.717, 1.165) is 55.5 Å². The van der Waals surface area contributed by atoms with Crippen molar-refractivity contribution in [3.63, 3.8) is 0 Å². The predicted octanol–water partition coefficient (Wildman–Crippen LogP) is 4.07. The maximum atomic E-state index is 5.81. The van der Waals surface area contributed by atoms with Gasteiger partial charge in [-0.1, -0.05) is 34.6 Å². The topological polar surface area (TPSA) is 50.3 Å². The van der Waals surface area contributed by atoms with Crippen LogP contribution in [0.2, 0.25) is 0 Å². The van der Waals surface area contributed by atoms with Crippen molar-refractivity contribution in [2.75, 3.05) is 44.3 Å². The molecule has 6 heteroatoms. The zero-order valence-corrected chi connectivity index (χ0v) is 19.7. The molecule has 2 aliphatic heterocycles. The van der Waals surface area contributed by atoms with Crippen LogP contribution in [0.15, 0.2) is 6.07 Å². The summed E-state index contributed by atoms with van der Waals surface area (Å²) in [5.41, 5.74) is 1.67. The summed E-state index contributed by atoms with van der Waals surface area (Å²) in [6.07, 6.45) is 2.35. The highest BCUT2D eigenvalue weighted by Gasteiger charge is 2.31. The van der Waals surface area contributed by atoms with Crippen LogP contribution in [-0.2, 0) is 4.74 Å². The summed E-state index contributed by atoms with van der Waals surface area (Å²) in [5.74, 6) is 2.15. The van der Waals surface area contributed by atoms with Crippen LogP contribution in [0.1, 0.15) is 59.1 Å². The molecule has 0 amide bonds. The lowest BCUT2D eigenvalue weighted by Crippen LogP contribution is -2.37. The van der Waals surface area contributed by atoms with Crippen LogP contribution in [0.5, 0.6) is 0 Å². The third kappa shape index (κ3) is 5.76. The number of nitrogens with one attached hydrogen (secondary N) is 1. The van der Waals surface area contributed by atoms with E-state index >= 15 is 0 Å². The van der Waals surface area contributed by atoms with E-state index in [-0.39, 0.29) is 5.41 Å². The molecule has 1 aromatic rings. The number of halogens is 1. The van der Waals surface area contributed by atoms with E-state index in [0.29, 0.717) is 17.3 Å². The second-order valence-corrected chi connectivity index (χ2v) is 10.9. The van der Waals surface area contributed by atoms with E-state index in [1.54, 1.807) is 0 Å². The number of hydrogen-bond acceptors (Lipinski definition) is 5. The normalized spacial score (nSPS) is 28.9. The number of aromatic nitrogens is 2. The van der Waals surface area contributed by atoms with Gasteiger partial charge in [0, 0.05) is 59.6 Å². The van der Waals surface area contributed by atoms with Gasteiger partial charge < -0.3 is 15.0 Å². The zero-order valence-electron chi connectivity index (χ0n) is 17.5. The Morgan fingerprint density at radius 1 is 1.22 bits per heavy atom. The van der Waals surface area contributed by atoms with Crippen LogP contribution in [0, 0.1) is 20.6 Å². The highest BCUT2D eigenvalue weighted by atomic mass is 127. The van der Waals surface area contributed by atoms with Gasteiger partial charge in [-0.2, -0.15) is 0 Å². The van der Waals surface area contributed by atoms with Crippen LogP contribution in [0.25, 0.3) is 0 Å². The molecule has 2 aliphatic rings. The molecule has 152 valence electrons. The fraction of sp³-hybridized carbons (Fsp3) is 0.810. The van der Waals surface area contributed by atoms with Crippen molar-refractivity contribution in [2.24, 2.45) is 16.7 Å². The molecule has 0 aromatic carbocycles. The first kappa shape index (κ1) is 21.2. The van der Waals surface area contributed by atoms with E-state index in [2.05, 4.69) is 73.5 Å². The molecule has 1 unspecified atom stereocenters. The summed E-state index contributed by atoms with van der Waals surface area (Å²) in [6.45, 7) is 17.2. The summed E-state index contributed by atoms with van der Waals surface area (Å²) in [5, 5.41) is 3.64. The Morgan fingerprint density at radius 3 is 2.78 bits per heavy atom. The standard InChI is InChI=1S/C21H35IN4O/c1-15-11-20(2,3)12-23-7-6-16(15)17-10-18(25-19(22)24-17)26-8-9-27-14-21(4,5)13-26/h10,15-16,23H,6-9,11-14H2,1-5H3/t15-,16?/m1/s1. The van der Waals surface area contributed by atoms with E-state index in [1.165, 1.54) is 12.1 Å². The Labute approximate surface area is 178 Å². The predicted molar refractivity (Wildman–Crippen MR) is 119 cm³/mol. The molecule has 2 saturated heterocycles. The molecule has 0 radical (unpaired) electrons. The third-order valence-electron chi connectivity index (χ3n) is 5.82. The first-order valence-corrected chi connectivity index (χ1v) is 11.3. The molecule has 3 heterocycles. The molecule has 5 nitrogen and oxygen atoms in total. The number of hydrogen-bond donors (Lipinski definition) is 1. The first-order valence-electron chi connectivity index (χ1n) is 10.2. The van der Waals surface area contributed by atoms with Crippen molar-refractivity contribution in [3.05, 3.63) is 15.6 Å². The van der Waals surface area contributed by atoms with Gasteiger partial charge in [0.05, 0.1) is 18.9 Å². The Balaban J connectivity index is 1.87. The summed E-state index contributed by atoms with van der Waals surface area (Å²) in [6, 6.07) is 2.25. The van der Waals surface area contributed by atoms with Crippen molar-refractivity contribution in [3.8, 4) is 0 Å². The van der Waals surface area contributed by atoms with Gasteiger partial charge >= 0.3 is 0 Å². The zero-order chi connectivity index (χ0) is 19.7. The quantitative estimate of drug-likeness (QED) is 0.505. The molecule has 1 N–H and O–H groups in total. The molecule has 0 spiro atoms. The first-order chi connectivity index (χ1) is 12.7. The monoisotopic (exact) mass is 486 g/mol. The molecule has 0 saturated carbocycles. The highest BCUT2D eigenvalue weighted by molar-refractivity contribution is 14.1. The minimum atomic E-state index is 0.133. The van der Waals surface area contributed by atoms with Gasteiger partial charge in [-0.15, -0.1) is 0 Å². The van der Waals surface area contributed by atoms with Gasteiger partial charge in [-0.3, -0.25) is 0 Å². The average Bonchev–Trinajstić information content (AvgIpc) is 2.73. The molecule has 2 atom stereocenters. The van der Waals surface area contributed by atoms with Gasteiger partial charge in [-0.05, 0) is 30.7 Å². The summed E-state index contributed by atoms with van der Waals surface area (Å²) in [7, 11) is 0. The van der Waals surface area contributed by atoms with Crippen LogP contribution < -0.4 is 10.2 Å². The largest absolute Gasteiger partial charge is 0.379 e. The fourth-order valence-electron chi connectivity index (χ4n) is 4.63. The Bertz CT molecular complexity index is 649. The van der Waals surface area contributed by atoms with E-state index in [4.69, 9.17) is 14.7 Å². The SMILES string of the molecule is C[C@@H]1CC(C)(C)CNCCC1c1cc(N2CCOCC(C)(C)C2)nc(I)n1. The van der Waals surface area contributed by atoms with Crippen LogP contribution >= 0.6 is 22.6 Å². The van der Waals surface area contributed by atoms with Gasteiger partial charge in [0.25, 0.3) is 0 Å². The molecule has 0 bridgehead atoms. The number of ether oxygens (including phenoxy) is 1. The Kier molecular flexibility index (Phi) is 6.68. The lowest BCUT2D eigenvalue weighted by Gasteiger charge is -2.36. The maximum Gasteiger partial charge on any atom is 0.192 e. The number of rotatable bonds is 2. The Hall–Kier alpha value is -0.470. The van der Waals surface area contributed by atoms with Gasteiger partial charge in [0.1, 0.15) is 5.82 Å². The summed E-state index contributed by atoms with van der Waals surface area (Å²) < 4.78 is 6.66. The fourth-order valence-corrected chi connectivity index (χ4v) is 5.15. The third-order valence-corrected chi connectivity index (χ3v) is 6.31. The molecule has 2 fully saturated rings. The molecular formula is C21H35IN4O. The molecule has 0 aliphatic carbocycles. The number of anilines is 1. The highest BCUT2D eigenvalue weighted by Crippen LogP contribution is 2.38. The van der Waals surface area contributed by atoms with E-state index in [1.807, 2.05) is 0 Å². The van der Waals surface area contributed by atoms with Crippen LogP contribution in [0.4, 0.5) is 5.82 Å². The van der Waals surface area contributed by atoms with E-state index < -0.39 is 0 Å². The van der Waals surface area contributed by atoms with Crippen molar-refractivity contribution in [1.82, 2.24) is 15.3 Å². The lowest BCUT2D eigenvalue weighted by atomic mass is 9.75. The van der Waals surface area contributed by atoms with Crippen molar-refractivity contribution in [2.45, 2.75) is 53.4 Å². The molecule has 1 aromatic heterocycles. The van der Waals surface area contributed by atoms with Crippen molar-refractivity contribution in [1.29, 1.82) is 0 Å². The van der Waals surface area contributed by atoms with Crippen LogP contribution in [0.3, 0.4) is 0 Å². The minimum Gasteiger partial charge on any atom is -0.379 e. The van der Waals surface area contributed by atoms with E-state index in [9.17, 15) is 0 Å². The van der Waals surface area contributed by atoms with Gasteiger partial charge in [0.2, 0.25) is 0 Å².